The molecular weight excluding hydrogens is 292 g/mol. The van der Waals surface area contributed by atoms with Gasteiger partial charge in [0.1, 0.15) is 0 Å². The second kappa shape index (κ2) is 4.72. The van der Waals surface area contributed by atoms with Crippen LogP contribution in [0.3, 0.4) is 0 Å². The highest BCUT2D eigenvalue weighted by molar-refractivity contribution is 6.23. The van der Waals surface area contributed by atoms with E-state index in [1.54, 1.807) is 0 Å². The van der Waals surface area contributed by atoms with Gasteiger partial charge in [-0.05, 0) is 71.8 Å². The highest BCUT2D eigenvalue weighted by Crippen LogP contribution is 2.65. The minimum atomic E-state index is 0.0564. The highest BCUT2D eigenvalue weighted by atomic mass is 35.5. The van der Waals surface area contributed by atoms with Gasteiger partial charge in [0.25, 0.3) is 0 Å². The van der Waals surface area contributed by atoms with Crippen LogP contribution >= 0.6 is 11.6 Å². The van der Waals surface area contributed by atoms with Gasteiger partial charge in [-0.3, -0.25) is 4.79 Å². The van der Waals surface area contributed by atoms with Crippen LogP contribution in [0.1, 0.15) is 52.9 Å². The fraction of sp³-hybridized carbons (Fsp3) is 0.750. The van der Waals surface area contributed by atoms with Gasteiger partial charge in [-0.2, -0.15) is 0 Å². The van der Waals surface area contributed by atoms with Crippen LogP contribution in [0.5, 0.6) is 0 Å². The molecule has 0 amide bonds. The Morgan fingerprint density at radius 3 is 2.82 bits per heavy atom. The van der Waals surface area contributed by atoms with E-state index in [9.17, 15) is 4.79 Å². The summed E-state index contributed by atoms with van der Waals surface area (Å²) in [6.07, 6.45) is 12.4. The van der Waals surface area contributed by atoms with Crippen molar-refractivity contribution in [3.63, 3.8) is 0 Å². The third kappa shape index (κ3) is 1.81. The summed E-state index contributed by atoms with van der Waals surface area (Å²) >= 11 is 6.83. The number of fused-ring (bicyclic) bond motifs is 5. The Morgan fingerprint density at radius 2 is 2.05 bits per heavy atom. The first-order valence-electron chi connectivity index (χ1n) is 8.93. The predicted octanol–water partition coefficient (Wildman–Crippen LogP) is 5.15. The molecule has 7 unspecified atom stereocenters. The van der Waals surface area contributed by atoms with Gasteiger partial charge in [0.2, 0.25) is 0 Å². The first kappa shape index (κ1) is 15.0. The normalized spacial score (nSPS) is 53.5. The summed E-state index contributed by atoms with van der Waals surface area (Å²) in [6.45, 7) is 7.13. The molecule has 4 aliphatic rings. The molecule has 2 heteroatoms. The number of rotatable bonds is 0. The number of carbonyl (C=O) groups excluding carboxylic acids is 1. The zero-order valence-electron chi connectivity index (χ0n) is 13.9. The molecule has 4 rings (SSSR count). The minimum absolute atomic E-state index is 0.0564. The number of carbonyl (C=O) groups is 1. The topological polar surface area (TPSA) is 17.1 Å². The lowest BCUT2D eigenvalue weighted by Gasteiger charge is -2.60. The molecule has 2 saturated carbocycles. The van der Waals surface area contributed by atoms with Gasteiger partial charge in [0.05, 0.1) is 5.38 Å². The molecule has 7 atom stereocenters. The molecule has 0 aromatic carbocycles. The average Bonchev–Trinajstić information content (AvgIpc) is 2.84. The summed E-state index contributed by atoms with van der Waals surface area (Å²) in [5.74, 6) is 2.89. The van der Waals surface area contributed by atoms with Crippen molar-refractivity contribution in [3.8, 4) is 0 Å². The number of halogens is 1. The van der Waals surface area contributed by atoms with Crippen molar-refractivity contribution in [1.82, 2.24) is 0 Å². The summed E-state index contributed by atoms with van der Waals surface area (Å²) in [4.78, 5) is 12.1. The smallest absolute Gasteiger partial charge is 0.156 e. The van der Waals surface area contributed by atoms with E-state index in [1.807, 2.05) is 6.08 Å². The Balaban J connectivity index is 1.77. The minimum Gasteiger partial charge on any atom is -0.295 e. The van der Waals surface area contributed by atoms with E-state index in [-0.39, 0.29) is 16.6 Å². The van der Waals surface area contributed by atoms with E-state index in [1.165, 1.54) is 24.8 Å². The molecule has 0 saturated heterocycles. The first-order chi connectivity index (χ1) is 10.4. The fourth-order valence-electron chi connectivity index (χ4n) is 6.40. The van der Waals surface area contributed by atoms with Gasteiger partial charge in [0, 0.05) is 6.42 Å². The van der Waals surface area contributed by atoms with Crippen molar-refractivity contribution in [3.05, 3.63) is 23.8 Å². The van der Waals surface area contributed by atoms with E-state index in [2.05, 4.69) is 32.9 Å². The number of ketones is 1. The summed E-state index contributed by atoms with van der Waals surface area (Å²) < 4.78 is 0. The Hall–Kier alpha value is -0.560. The third-order valence-electron chi connectivity index (χ3n) is 7.82. The molecule has 0 aromatic rings. The van der Waals surface area contributed by atoms with Crippen LogP contribution in [0.25, 0.3) is 0 Å². The highest BCUT2D eigenvalue weighted by Gasteiger charge is 2.58. The maximum atomic E-state index is 12.1. The third-order valence-corrected chi connectivity index (χ3v) is 8.23. The van der Waals surface area contributed by atoms with Gasteiger partial charge in [0.15, 0.2) is 5.78 Å². The molecule has 0 aliphatic heterocycles. The molecule has 2 fully saturated rings. The van der Waals surface area contributed by atoms with Crippen LogP contribution in [0, 0.1) is 34.5 Å². The van der Waals surface area contributed by atoms with Crippen LogP contribution in [-0.4, -0.2) is 11.2 Å². The van der Waals surface area contributed by atoms with Crippen LogP contribution in [0.15, 0.2) is 23.8 Å². The van der Waals surface area contributed by atoms with Crippen molar-refractivity contribution in [2.75, 3.05) is 0 Å². The lowest BCUT2D eigenvalue weighted by Crippen LogP contribution is -2.54. The maximum Gasteiger partial charge on any atom is 0.156 e. The van der Waals surface area contributed by atoms with Crippen molar-refractivity contribution in [2.24, 2.45) is 34.5 Å². The summed E-state index contributed by atoms with van der Waals surface area (Å²) in [7, 11) is 0. The second-order valence-electron chi connectivity index (χ2n) is 8.72. The Kier molecular flexibility index (Phi) is 3.22. The van der Waals surface area contributed by atoms with Crippen molar-refractivity contribution in [2.45, 2.75) is 58.3 Å². The molecule has 0 radical (unpaired) electrons. The van der Waals surface area contributed by atoms with Gasteiger partial charge in [-0.15, -0.1) is 11.6 Å². The molecule has 0 heterocycles. The standard InChI is InChI=1S/C20H27ClO/c1-12-9-13(22)10-17-18(21)11-14-15-5-4-7-19(15,2)8-6-16(14)20(12,17)3/h4,7,10,12,14-16,18H,5-6,8-9,11H2,1-3H3. The zero-order valence-corrected chi connectivity index (χ0v) is 14.7. The van der Waals surface area contributed by atoms with Crippen LogP contribution < -0.4 is 0 Å². The van der Waals surface area contributed by atoms with Gasteiger partial charge in [-0.25, -0.2) is 0 Å². The van der Waals surface area contributed by atoms with Gasteiger partial charge >= 0.3 is 0 Å². The van der Waals surface area contributed by atoms with Crippen molar-refractivity contribution >= 4 is 17.4 Å². The van der Waals surface area contributed by atoms with E-state index in [0.717, 1.165) is 12.3 Å². The van der Waals surface area contributed by atoms with Crippen molar-refractivity contribution in [1.29, 1.82) is 0 Å². The van der Waals surface area contributed by atoms with E-state index in [4.69, 9.17) is 11.6 Å². The van der Waals surface area contributed by atoms with Gasteiger partial charge < -0.3 is 0 Å². The number of allylic oxidation sites excluding steroid dienone is 4. The first-order valence-corrected chi connectivity index (χ1v) is 9.36. The molecule has 1 nitrogen and oxygen atoms in total. The Morgan fingerprint density at radius 1 is 1.27 bits per heavy atom. The molecular formula is C20H27ClO. The summed E-state index contributed by atoms with van der Waals surface area (Å²) in [6, 6.07) is 0. The molecule has 0 N–H and O–H groups in total. The van der Waals surface area contributed by atoms with E-state index < -0.39 is 0 Å². The number of hydrogen-bond donors (Lipinski definition) is 0. The number of alkyl halides is 1. The fourth-order valence-corrected chi connectivity index (χ4v) is 6.91. The second-order valence-corrected chi connectivity index (χ2v) is 9.24. The van der Waals surface area contributed by atoms with Crippen LogP contribution in [0.2, 0.25) is 0 Å². The summed E-state index contributed by atoms with van der Waals surface area (Å²) in [5.41, 5.74) is 1.78. The molecule has 0 bridgehead atoms. The monoisotopic (exact) mass is 318 g/mol. The van der Waals surface area contributed by atoms with Crippen molar-refractivity contribution < 1.29 is 4.79 Å². The Bertz CT molecular complexity index is 576. The lowest BCUT2D eigenvalue weighted by molar-refractivity contribution is -0.119. The molecule has 0 aromatic heterocycles. The molecule has 22 heavy (non-hydrogen) atoms. The molecule has 0 spiro atoms. The lowest BCUT2D eigenvalue weighted by atomic mass is 9.45. The Labute approximate surface area is 139 Å². The quantitative estimate of drug-likeness (QED) is 0.446. The van der Waals surface area contributed by atoms with Crippen LogP contribution in [0.4, 0.5) is 0 Å². The predicted molar refractivity (Wildman–Crippen MR) is 90.8 cm³/mol. The van der Waals surface area contributed by atoms with Gasteiger partial charge in [-0.1, -0.05) is 32.9 Å². The van der Waals surface area contributed by atoms with Crippen LogP contribution in [-0.2, 0) is 4.79 Å². The molecule has 120 valence electrons. The molecule has 4 aliphatic carbocycles. The van der Waals surface area contributed by atoms with E-state index >= 15 is 0 Å². The number of hydrogen-bond acceptors (Lipinski definition) is 1. The SMILES string of the molecule is CC1CC(=O)C=C2C(Cl)CC3C4CC=CC4(C)CCC3C21C. The largest absolute Gasteiger partial charge is 0.295 e. The maximum absolute atomic E-state index is 12.1. The van der Waals surface area contributed by atoms with E-state index in [0.29, 0.717) is 29.6 Å². The summed E-state index contributed by atoms with van der Waals surface area (Å²) in [5, 5.41) is 0.0564. The zero-order chi connectivity index (χ0) is 15.7. The average molecular weight is 319 g/mol.